The van der Waals surface area contributed by atoms with Crippen LogP contribution in [0.5, 0.6) is 5.75 Å². The van der Waals surface area contributed by atoms with Gasteiger partial charge in [0.1, 0.15) is 17.7 Å². The van der Waals surface area contributed by atoms with Crippen molar-refractivity contribution in [2.75, 3.05) is 46.3 Å². The zero-order valence-corrected chi connectivity index (χ0v) is 18.5. The number of carbonyl (C=O) groups is 2. The van der Waals surface area contributed by atoms with Crippen LogP contribution >= 0.6 is 0 Å². The Hall–Kier alpha value is -2.93. The highest BCUT2D eigenvalue weighted by Crippen LogP contribution is 2.27. The average Bonchev–Trinajstić information content (AvgIpc) is 2.82. The predicted octanol–water partition coefficient (Wildman–Crippen LogP) is 2.90. The number of benzene rings is 2. The zero-order valence-electron chi connectivity index (χ0n) is 18.5. The molecule has 0 bridgehead atoms. The van der Waals surface area contributed by atoms with E-state index in [-0.39, 0.29) is 29.7 Å². The predicted molar refractivity (Wildman–Crippen MR) is 120 cm³/mol. The van der Waals surface area contributed by atoms with Gasteiger partial charge >= 0.3 is 0 Å². The van der Waals surface area contributed by atoms with Gasteiger partial charge in [0.05, 0.1) is 0 Å². The van der Waals surface area contributed by atoms with Crippen molar-refractivity contribution >= 4 is 11.8 Å². The van der Waals surface area contributed by atoms with Crippen molar-refractivity contribution in [1.29, 1.82) is 0 Å². The molecule has 32 heavy (non-hydrogen) atoms. The molecule has 0 N–H and O–H groups in total. The van der Waals surface area contributed by atoms with Crippen molar-refractivity contribution in [3.8, 4) is 5.75 Å². The normalized spacial score (nSPS) is 21.9. The van der Waals surface area contributed by atoms with Gasteiger partial charge in [0.15, 0.2) is 0 Å². The second-order valence-electron chi connectivity index (χ2n) is 8.66. The minimum atomic E-state index is -0.317. The van der Waals surface area contributed by atoms with E-state index in [1.807, 2.05) is 40.1 Å². The summed E-state index contributed by atoms with van der Waals surface area (Å²) in [5.41, 5.74) is 0.648. The number of likely N-dealkylation sites (N-methyl/N-ethyl adjacent to an activating group) is 1. The third-order valence-corrected chi connectivity index (χ3v) is 6.37. The Morgan fingerprint density at radius 2 is 1.62 bits per heavy atom. The fourth-order valence-corrected chi connectivity index (χ4v) is 4.41. The molecule has 7 heteroatoms. The number of amides is 2. The summed E-state index contributed by atoms with van der Waals surface area (Å²) in [6, 6.07) is 15.2. The first-order valence-electron chi connectivity index (χ1n) is 11.2. The van der Waals surface area contributed by atoms with Crippen LogP contribution in [0.2, 0.25) is 0 Å². The van der Waals surface area contributed by atoms with Crippen LogP contribution in [0.15, 0.2) is 54.6 Å². The van der Waals surface area contributed by atoms with E-state index >= 15 is 0 Å². The molecule has 170 valence electrons. The molecule has 4 rings (SSSR count). The van der Waals surface area contributed by atoms with Gasteiger partial charge in [-0.1, -0.05) is 18.2 Å². The minimum absolute atomic E-state index is 0.0251. The van der Waals surface area contributed by atoms with Gasteiger partial charge in [0, 0.05) is 63.6 Å². The Balaban J connectivity index is 1.47. The Morgan fingerprint density at radius 1 is 0.938 bits per heavy atom. The maximum absolute atomic E-state index is 13.3. The highest BCUT2D eigenvalue weighted by Gasteiger charge is 2.36. The van der Waals surface area contributed by atoms with Crippen molar-refractivity contribution in [3.05, 3.63) is 66.0 Å². The van der Waals surface area contributed by atoms with Crippen LogP contribution in [0.1, 0.15) is 23.2 Å². The SMILES string of the molecule is CN1CCN(C(=O)C[C@H]2CN(C(=O)c3ccccc3)CC[C@@H]2Oc2ccc(F)cc2)CC1. The van der Waals surface area contributed by atoms with Crippen molar-refractivity contribution < 1.29 is 18.7 Å². The first-order chi connectivity index (χ1) is 15.5. The van der Waals surface area contributed by atoms with Gasteiger partial charge in [-0.15, -0.1) is 0 Å². The van der Waals surface area contributed by atoms with Gasteiger partial charge in [0.25, 0.3) is 5.91 Å². The van der Waals surface area contributed by atoms with Crippen LogP contribution in [0.25, 0.3) is 0 Å². The summed E-state index contributed by atoms with van der Waals surface area (Å²) in [6.45, 7) is 4.18. The van der Waals surface area contributed by atoms with E-state index in [0.29, 0.717) is 37.2 Å². The minimum Gasteiger partial charge on any atom is -0.490 e. The number of piperazine rings is 1. The maximum Gasteiger partial charge on any atom is 0.253 e. The molecule has 2 heterocycles. The van der Waals surface area contributed by atoms with Crippen LogP contribution in [0.3, 0.4) is 0 Å². The van der Waals surface area contributed by atoms with Crippen molar-refractivity contribution in [2.24, 2.45) is 5.92 Å². The van der Waals surface area contributed by atoms with Crippen molar-refractivity contribution in [3.63, 3.8) is 0 Å². The molecule has 2 aliphatic rings. The largest absolute Gasteiger partial charge is 0.490 e. The first kappa shape index (κ1) is 22.3. The summed E-state index contributed by atoms with van der Waals surface area (Å²) >= 11 is 0. The lowest BCUT2D eigenvalue weighted by molar-refractivity contribution is -0.135. The van der Waals surface area contributed by atoms with Crippen LogP contribution in [0.4, 0.5) is 4.39 Å². The summed E-state index contributed by atoms with van der Waals surface area (Å²) in [6.07, 6.45) is 0.738. The molecule has 2 saturated heterocycles. The molecule has 2 atom stereocenters. The first-order valence-corrected chi connectivity index (χ1v) is 11.2. The topological polar surface area (TPSA) is 53.1 Å². The summed E-state index contributed by atoms with van der Waals surface area (Å²) < 4.78 is 19.5. The van der Waals surface area contributed by atoms with E-state index in [4.69, 9.17) is 4.74 Å². The number of nitrogens with zero attached hydrogens (tertiary/aromatic N) is 3. The van der Waals surface area contributed by atoms with Crippen LogP contribution < -0.4 is 4.74 Å². The highest BCUT2D eigenvalue weighted by molar-refractivity contribution is 5.94. The van der Waals surface area contributed by atoms with Crippen molar-refractivity contribution in [2.45, 2.75) is 18.9 Å². The Labute approximate surface area is 188 Å². The molecule has 6 nitrogen and oxygen atoms in total. The zero-order chi connectivity index (χ0) is 22.5. The summed E-state index contributed by atoms with van der Waals surface area (Å²) in [4.78, 5) is 32.0. The van der Waals surface area contributed by atoms with Gasteiger partial charge in [-0.3, -0.25) is 9.59 Å². The Bertz CT molecular complexity index is 914. The lowest BCUT2D eigenvalue weighted by Crippen LogP contribution is -2.51. The third-order valence-electron chi connectivity index (χ3n) is 6.37. The van der Waals surface area contributed by atoms with E-state index in [9.17, 15) is 14.0 Å². The number of carbonyl (C=O) groups excluding carboxylic acids is 2. The fraction of sp³-hybridized carbons (Fsp3) is 0.440. The number of piperidine rings is 1. The quantitative estimate of drug-likeness (QED) is 0.719. The van der Waals surface area contributed by atoms with Crippen LogP contribution in [0, 0.1) is 11.7 Å². The molecule has 0 aromatic heterocycles. The number of hydrogen-bond acceptors (Lipinski definition) is 4. The highest BCUT2D eigenvalue weighted by atomic mass is 19.1. The third kappa shape index (κ3) is 5.46. The molecule has 2 amide bonds. The number of hydrogen-bond donors (Lipinski definition) is 0. The van der Waals surface area contributed by atoms with E-state index in [1.54, 1.807) is 12.1 Å². The van der Waals surface area contributed by atoms with Crippen LogP contribution in [-0.4, -0.2) is 78.9 Å². The smallest absolute Gasteiger partial charge is 0.253 e. The van der Waals surface area contributed by atoms with E-state index in [2.05, 4.69) is 11.9 Å². The Kier molecular flexibility index (Phi) is 7.05. The van der Waals surface area contributed by atoms with E-state index in [1.165, 1.54) is 12.1 Å². The number of rotatable bonds is 5. The molecular weight excluding hydrogens is 409 g/mol. The maximum atomic E-state index is 13.3. The van der Waals surface area contributed by atoms with Gasteiger partial charge in [0.2, 0.25) is 5.91 Å². The van der Waals surface area contributed by atoms with E-state index < -0.39 is 0 Å². The van der Waals surface area contributed by atoms with Gasteiger partial charge in [-0.05, 0) is 43.4 Å². The average molecular weight is 440 g/mol. The molecule has 2 fully saturated rings. The molecule has 0 saturated carbocycles. The molecular formula is C25H30FN3O3. The molecule has 0 unspecified atom stereocenters. The monoisotopic (exact) mass is 439 g/mol. The van der Waals surface area contributed by atoms with Crippen LogP contribution in [-0.2, 0) is 4.79 Å². The lowest BCUT2D eigenvalue weighted by Gasteiger charge is -2.40. The molecule has 0 radical (unpaired) electrons. The second-order valence-corrected chi connectivity index (χ2v) is 8.66. The standard InChI is InChI=1S/C25H30FN3O3/c1-27-13-15-28(16-14-27)24(30)17-20-18-29(25(31)19-5-3-2-4-6-19)12-11-23(20)32-22-9-7-21(26)8-10-22/h2-10,20,23H,11-18H2,1H3/t20-,23-/m0/s1. The molecule has 2 aromatic rings. The van der Waals surface area contributed by atoms with E-state index in [0.717, 1.165) is 26.2 Å². The molecule has 0 aliphatic carbocycles. The molecule has 2 aliphatic heterocycles. The van der Waals surface area contributed by atoms with Gasteiger partial charge in [-0.2, -0.15) is 0 Å². The lowest BCUT2D eigenvalue weighted by atomic mass is 9.90. The number of likely N-dealkylation sites (tertiary alicyclic amines) is 1. The van der Waals surface area contributed by atoms with Gasteiger partial charge in [-0.25, -0.2) is 4.39 Å². The van der Waals surface area contributed by atoms with Gasteiger partial charge < -0.3 is 19.4 Å². The fourth-order valence-electron chi connectivity index (χ4n) is 4.41. The second kappa shape index (κ2) is 10.1. The summed E-state index contributed by atoms with van der Waals surface area (Å²) in [7, 11) is 2.06. The molecule has 0 spiro atoms. The number of halogens is 1. The molecule has 2 aromatic carbocycles. The van der Waals surface area contributed by atoms with Crippen molar-refractivity contribution in [1.82, 2.24) is 14.7 Å². The Morgan fingerprint density at radius 3 is 2.31 bits per heavy atom. The summed E-state index contributed by atoms with van der Waals surface area (Å²) in [5, 5.41) is 0. The number of ether oxygens (including phenoxy) is 1. The summed E-state index contributed by atoms with van der Waals surface area (Å²) in [5.74, 6) is 0.208.